The summed E-state index contributed by atoms with van der Waals surface area (Å²) in [6.07, 6.45) is 8.06. The number of hydrogen-bond acceptors (Lipinski definition) is 4. The molecule has 2 N–H and O–H groups in total. The Hall–Kier alpha value is -1.23. The molecule has 0 spiro atoms. The molecule has 22 heavy (non-hydrogen) atoms. The Bertz CT molecular complexity index is 368. The molecule has 0 saturated carbocycles. The van der Waals surface area contributed by atoms with Crippen LogP contribution in [0.3, 0.4) is 0 Å². The second-order valence-corrected chi connectivity index (χ2v) is 5.79. The summed E-state index contributed by atoms with van der Waals surface area (Å²) in [5, 5.41) is 7.51. The maximum Gasteiger partial charge on any atom is 0.284 e. The summed E-state index contributed by atoms with van der Waals surface area (Å²) in [5.74, 6) is 0.00754. The molecule has 0 aromatic heterocycles. The number of hydrogen-bond donors (Lipinski definition) is 2. The highest BCUT2D eigenvalue weighted by atomic mass is 16.2. The van der Waals surface area contributed by atoms with Gasteiger partial charge in [-0.25, -0.2) is 0 Å². The summed E-state index contributed by atoms with van der Waals surface area (Å²) < 4.78 is 0. The monoisotopic (exact) mass is 310 g/mol. The van der Waals surface area contributed by atoms with E-state index >= 15 is 0 Å². The molecule has 5 nitrogen and oxygen atoms in total. The second kappa shape index (κ2) is 10.5. The van der Waals surface area contributed by atoms with Crippen LogP contribution >= 0.6 is 0 Å². The van der Waals surface area contributed by atoms with E-state index in [1.165, 1.54) is 19.3 Å². The zero-order chi connectivity index (χ0) is 16.4. The van der Waals surface area contributed by atoms with Crippen molar-refractivity contribution < 1.29 is 4.79 Å². The summed E-state index contributed by atoms with van der Waals surface area (Å²) in [6, 6.07) is 0. The lowest BCUT2D eigenvalue weighted by Crippen LogP contribution is -2.58. The Balaban J connectivity index is 2.88. The normalized spacial score (nSPS) is 16.2. The summed E-state index contributed by atoms with van der Waals surface area (Å²) in [6.45, 7) is 11.1. The highest BCUT2D eigenvalue weighted by Crippen LogP contribution is 2.22. The van der Waals surface area contributed by atoms with Crippen LogP contribution < -0.4 is 10.7 Å². The number of hydrazine groups is 2. The molecule has 0 aromatic carbocycles. The quantitative estimate of drug-likeness (QED) is 0.576. The molecule has 1 aliphatic heterocycles. The van der Waals surface area contributed by atoms with E-state index < -0.39 is 0 Å². The minimum Gasteiger partial charge on any atom is -0.379 e. The maximum absolute atomic E-state index is 12.4. The van der Waals surface area contributed by atoms with Gasteiger partial charge in [0.2, 0.25) is 0 Å². The van der Waals surface area contributed by atoms with E-state index in [4.69, 9.17) is 0 Å². The molecule has 1 heterocycles. The van der Waals surface area contributed by atoms with Crippen LogP contribution in [0.1, 0.15) is 72.6 Å². The average molecular weight is 310 g/mol. The number of nitrogens with zero attached hydrogens (tertiary/aromatic N) is 2. The molecule has 5 heteroatoms. The van der Waals surface area contributed by atoms with E-state index in [1.54, 1.807) is 0 Å². The van der Waals surface area contributed by atoms with E-state index in [0.29, 0.717) is 0 Å². The number of unbranched alkanes of at least 4 members (excludes halogenated alkanes) is 4. The zero-order valence-electron chi connectivity index (χ0n) is 14.9. The van der Waals surface area contributed by atoms with Gasteiger partial charge in [-0.2, -0.15) is 0 Å². The molecule has 1 rings (SSSR count). The minimum absolute atomic E-state index is 0.00754. The third kappa shape index (κ3) is 5.20. The van der Waals surface area contributed by atoms with Gasteiger partial charge in [-0.05, 0) is 33.1 Å². The molecule has 1 amide bonds. The maximum atomic E-state index is 12.4. The predicted molar refractivity (Wildman–Crippen MR) is 91.6 cm³/mol. The van der Waals surface area contributed by atoms with Crippen molar-refractivity contribution in [3.05, 3.63) is 11.4 Å². The topological polar surface area (TPSA) is 47.6 Å². The molecule has 1 aliphatic rings. The van der Waals surface area contributed by atoms with E-state index in [2.05, 4.69) is 43.4 Å². The second-order valence-electron chi connectivity index (χ2n) is 5.79. The molecule has 0 fully saturated rings. The first-order valence-corrected chi connectivity index (χ1v) is 9.02. The number of rotatable bonds is 11. The number of carbonyl (C=O) groups excluding carboxylic acids is 1. The van der Waals surface area contributed by atoms with Gasteiger partial charge >= 0.3 is 0 Å². The van der Waals surface area contributed by atoms with Gasteiger partial charge in [0.05, 0.1) is 5.70 Å². The van der Waals surface area contributed by atoms with E-state index in [1.807, 2.05) is 5.12 Å². The van der Waals surface area contributed by atoms with Crippen LogP contribution in [0.4, 0.5) is 0 Å². The molecule has 0 unspecified atom stereocenters. The van der Waals surface area contributed by atoms with Gasteiger partial charge in [0.1, 0.15) is 5.70 Å². The van der Waals surface area contributed by atoms with Crippen LogP contribution in [0.5, 0.6) is 0 Å². The first-order chi connectivity index (χ1) is 10.7. The van der Waals surface area contributed by atoms with Crippen molar-refractivity contribution in [2.75, 3.05) is 19.6 Å². The van der Waals surface area contributed by atoms with Crippen LogP contribution in [-0.4, -0.2) is 35.7 Å². The fraction of sp³-hybridized carbons (Fsp3) is 0.824. The van der Waals surface area contributed by atoms with E-state index in [9.17, 15) is 4.79 Å². The Kier molecular flexibility index (Phi) is 8.97. The van der Waals surface area contributed by atoms with E-state index in [0.717, 1.165) is 56.7 Å². The predicted octanol–water partition coefficient (Wildman–Crippen LogP) is 3.16. The van der Waals surface area contributed by atoms with Crippen molar-refractivity contribution in [3.8, 4) is 0 Å². The van der Waals surface area contributed by atoms with Crippen molar-refractivity contribution in [1.82, 2.24) is 20.9 Å². The molecule has 128 valence electrons. The number of carbonyl (C=O) groups is 1. The first kappa shape index (κ1) is 18.8. The molecule has 0 atom stereocenters. The highest BCUT2D eigenvalue weighted by Gasteiger charge is 2.29. The smallest absolute Gasteiger partial charge is 0.284 e. The standard InChI is InChI=1S/C17H34N4O/c1-5-9-11-12-13-15-16(18-14-10-6-2)17(22)19-21(8-4)20(15)7-3/h18H,5-14H2,1-4H3,(H,19,22). The third-order valence-electron chi connectivity index (χ3n) is 4.05. The van der Waals surface area contributed by atoms with Crippen molar-refractivity contribution in [2.24, 2.45) is 0 Å². The van der Waals surface area contributed by atoms with Crippen LogP contribution in [0.25, 0.3) is 0 Å². The Morgan fingerprint density at radius 2 is 1.68 bits per heavy atom. The lowest BCUT2D eigenvalue weighted by molar-refractivity contribution is -0.136. The Labute approximate surface area is 136 Å². The molecule has 0 saturated heterocycles. The zero-order valence-corrected chi connectivity index (χ0v) is 14.9. The Morgan fingerprint density at radius 1 is 0.955 bits per heavy atom. The van der Waals surface area contributed by atoms with Gasteiger partial charge in [-0.15, -0.1) is 5.12 Å². The highest BCUT2D eigenvalue weighted by molar-refractivity contribution is 5.93. The lowest BCUT2D eigenvalue weighted by Gasteiger charge is -2.41. The van der Waals surface area contributed by atoms with Gasteiger partial charge in [0.25, 0.3) is 5.91 Å². The van der Waals surface area contributed by atoms with Crippen LogP contribution in [0, 0.1) is 0 Å². The SMILES string of the molecule is CCCCCCC1=C(NCCCC)C(=O)NN(CC)N1CC. The summed E-state index contributed by atoms with van der Waals surface area (Å²) in [5.41, 5.74) is 4.90. The van der Waals surface area contributed by atoms with E-state index in [-0.39, 0.29) is 5.91 Å². The molecule has 0 aromatic rings. The summed E-state index contributed by atoms with van der Waals surface area (Å²) in [7, 11) is 0. The molecule has 0 radical (unpaired) electrons. The fourth-order valence-electron chi connectivity index (χ4n) is 2.80. The fourth-order valence-corrected chi connectivity index (χ4v) is 2.80. The van der Waals surface area contributed by atoms with Crippen molar-refractivity contribution in [3.63, 3.8) is 0 Å². The molecular weight excluding hydrogens is 276 g/mol. The van der Waals surface area contributed by atoms with Gasteiger partial charge in [0, 0.05) is 19.6 Å². The molecule has 0 aliphatic carbocycles. The van der Waals surface area contributed by atoms with Gasteiger partial charge in [-0.3, -0.25) is 15.2 Å². The molecular formula is C17H34N4O. The minimum atomic E-state index is 0.00754. The van der Waals surface area contributed by atoms with Crippen LogP contribution in [0.15, 0.2) is 11.4 Å². The average Bonchev–Trinajstić information content (AvgIpc) is 2.53. The van der Waals surface area contributed by atoms with Gasteiger partial charge < -0.3 is 5.32 Å². The molecule has 0 bridgehead atoms. The lowest BCUT2D eigenvalue weighted by atomic mass is 10.1. The Morgan fingerprint density at radius 3 is 2.27 bits per heavy atom. The summed E-state index contributed by atoms with van der Waals surface area (Å²) >= 11 is 0. The van der Waals surface area contributed by atoms with Crippen molar-refractivity contribution >= 4 is 5.91 Å². The van der Waals surface area contributed by atoms with Crippen molar-refractivity contribution in [2.45, 2.75) is 72.6 Å². The number of nitrogens with one attached hydrogen (secondary N) is 2. The first-order valence-electron chi connectivity index (χ1n) is 9.02. The number of amides is 1. The van der Waals surface area contributed by atoms with Crippen LogP contribution in [-0.2, 0) is 4.79 Å². The van der Waals surface area contributed by atoms with Gasteiger partial charge in [0.15, 0.2) is 0 Å². The number of allylic oxidation sites excluding steroid dienone is 1. The van der Waals surface area contributed by atoms with Crippen LogP contribution in [0.2, 0.25) is 0 Å². The van der Waals surface area contributed by atoms with Crippen molar-refractivity contribution in [1.29, 1.82) is 0 Å². The largest absolute Gasteiger partial charge is 0.379 e. The summed E-state index contributed by atoms with van der Waals surface area (Å²) in [4.78, 5) is 12.4. The van der Waals surface area contributed by atoms with Gasteiger partial charge in [-0.1, -0.05) is 39.5 Å². The third-order valence-corrected chi connectivity index (χ3v) is 4.05.